The van der Waals surface area contributed by atoms with Crippen LogP contribution in [0.2, 0.25) is 0 Å². The van der Waals surface area contributed by atoms with E-state index in [1.54, 1.807) is 0 Å². The van der Waals surface area contributed by atoms with Crippen molar-refractivity contribution in [1.82, 2.24) is 9.80 Å². The van der Waals surface area contributed by atoms with Crippen LogP contribution in [-0.4, -0.2) is 47.9 Å². The number of piperazine rings is 1. The van der Waals surface area contributed by atoms with Crippen molar-refractivity contribution < 1.29 is 4.79 Å². The van der Waals surface area contributed by atoms with E-state index in [0.717, 1.165) is 32.7 Å². The molecule has 0 unspecified atom stereocenters. The summed E-state index contributed by atoms with van der Waals surface area (Å²) < 4.78 is 0. The van der Waals surface area contributed by atoms with Crippen LogP contribution in [0.3, 0.4) is 0 Å². The van der Waals surface area contributed by atoms with Gasteiger partial charge in [0.1, 0.15) is 0 Å². The molecule has 1 atom stereocenters. The van der Waals surface area contributed by atoms with Crippen molar-refractivity contribution in [3.63, 3.8) is 0 Å². The summed E-state index contributed by atoms with van der Waals surface area (Å²) in [5.74, 6) is 0.0851. The molecular weight excluding hydrogens is 262 g/mol. The van der Waals surface area contributed by atoms with E-state index in [9.17, 15) is 4.79 Å². The largest absolute Gasteiger partial charge is 0.339 e. The Bertz CT molecular complexity index is 459. The maximum atomic E-state index is 12.4. The predicted octanol–water partition coefficient (Wildman–Crippen LogP) is 1.70. The highest BCUT2D eigenvalue weighted by atomic mass is 16.2. The Labute approximate surface area is 127 Å². The summed E-state index contributed by atoms with van der Waals surface area (Å²) in [6.45, 7) is 10.4. The van der Waals surface area contributed by atoms with Crippen LogP contribution in [0.4, 0.5) is 0 Å². The highest BCUT2D eigenvalue weighted by Gasteiger charge is 2.32. The number of benzene rings is 1. The minimum absolute atomic E-state index is 0.0851. The highest BCUT2D eigenvalue weighted by molar-refractivity contribution is 5.82. The molecule has 2 rings (SSSR count). The first-order chi connectivity index (χ1) is 9.88. The van der Waals surface area contributed by atoms with Gasteiger partial charge in [-0.3, -0.25) is 9.69 Å². The van der Waals surface area contributed by atoms with Crippen LogP contribution >= 0.6 is 0 Å². The van der Waals surface area contributed by atoms with Gasteiger partial charge in [0.2, 0.25) is 5.91 Å². The fourth-order valence-electron chi connectivity index (χ4n) is 2.54. The van der Waals surface area contributed by atoms with Crippen molar-refractivity contribution in [2.45, 2.75) is 33.4 Å². The third-order valence-corrected chi connectivity index (χ3v) is 4.13. The molecule has 2 N–H and O–H groups in total. The molecule has 0 radical (unpaired) electrons. The number of hydrogen-bond donors (Lipinski definition) is 1. The maximum absolute atomic E-state index is 12.4. The number of amides is 1. The molecule has 1 heterocycles. The molecule has 1 aromatic carbocycles. The van der Waals surface area contributed by atoms with Gasteiger partial charge < -0.3 is 10.6 Å². The van der Waals surface area contributed by atoms with Crippen molar-refractivity contribution in [3.8, 4) is 0 Å². The Morgan fingerprint density at radius 2 is 1.71 bits per heavy atom. The number of nitrogens with two attached hydrogens (primary N) is 1. The minimum atomic E-state index is -0.418. The lowest BCUT2D eigenvalue weighted by Crippen LogP contribution is -2.56. The first kappa shape index (κ1) is 16.0. The summed E-state index contributed by atoms with van der Waals surface area (Å²) in [5, 5.41) is 0. The fourth-order valence-corrected chi connectivity index (χ4v) is 2.54. The Balaban J connectivity index is 1.84. The van der Waals surface area contributed by atoms with Crippen LogP contribution in [-0.2, 0) is 11.3 Å². The highest BCUT2D eigenvalue weighted by Crippen LogP contribution is 2.20. The van der Waals surface area contributed by atoms with E-state index < -0.39 is 6.04 Å². The number of hydrogen-bond acceptors (Lipinski definition) is 3. The zero-order valence-electron chi connectivity index (χ0n) is 13.4. The number of nitrogens with zero attached hydrogens (tertiary/aromatic N) is 2. The first-order valence-electron chi connectivity index (χ1n) is 7.68. The zero-order chi connectivity index (χ0) is 15.5. The third-order valence-electron chi connectivity index (χ3n) is 4.13. The van der Waals surface area contributed by atoms with Crippen LogP contribution < -0.4 is 5.73 Å². The average molecular weight is 289 g/mol. The molecule has 1 fully saturated rings. The molecule has 1 aliphatic heterocycles. The van der Waals surface area contributed by atoms with Gasteiger partial charge in [-0.05, 0) is 11.0 Å². The van der Waals surface area contributed by atoms with Crippen LogP contribution in [0.25, 0.3) is 0 Å². The van der Waals surface area contributed by atoms with Crippen molar-refractivity contribution in [2.75, 3.05) is 26.2 Å². The second-order valence-electron chi connectivity index (χ2n) is 6.93. The molecule has 4 heteroatoms. The molecule has 1 aromatic rings. The number of rotatable bonds is 3. The molecule has 4 nitrogen and oxygen atoms in total. The van der Waals surface area contributed by atoms with E-state index in [4.69, 9.17) is 5.73 Å². The Morgan fingerprint density at radius 1 is 1.14 bits per heavy atom. The van der Waals surface area contributed by atoms with Gasteiger partial charge in [0.15, 0.2) is 0 Å². The van der Waals surface area contributed by atoms with Crippen molar-refractivity contribution in [3.05, 3.63) is 35.9 Å². The van der Waals surface area contributed by atoms with Crippen molar-refractivity contribution >= 4 is 5.91 Å². The smallest absolute Gasteiger partial charge is 0.240 e. The van der Waals surface area contributed by atoms with Gasteiger partial charge in [0.25, 0.3) is 0 Å². The zero-order valence-corrected chi connectivity index (χ0v) is 13.4. The molecule has 1 saturated heterocycles. The lowest BCUT2D eigenvalue weighted by Gasteiger charge is -2.38. The summed E-state index contributed by atoms with van der Waals surface area (Å²) in [5.41, 5.74) is 7.22. The van der Waals surface area contributed by atoms with Gasteiger partial charge in [0.05, 0.1) is 6.04 Å². The maximum Gasteiger partial charge on any atom is 0.240 e. The van der Waals surface area contributed by atoms with Crippen molar-refractivity contribution in [1.29, 1.82) is 0 Å². The van der Waals surface area contributed by atoms with E-state index in [2.05, 4.69) is 29.2 Å². The summed E-state index contributed by atoms with van der Waals surface area (Å²) >= 11 is 0. The van der Waals surface area contributed by atoms with Crippen molar-refractivity contribution in [2.24, 2.45) is 11.1 Å². The normalized spacial score (nSPS) is 18.6. The van der Waals surface area contributed by atoms with E-state index >= 15 is 0 Å². The second-order valence-corrected chi connectivity index (χ2v) is 6.93. The summed E-state index contributed by atoms with van der Waals surface area (Å²) in [6, 6.07) is 10.0. The van der Waals surface area contributed by atoms with E-state index in [1.807, 2.05) is 31.7 Å². The van der Waals surface area contributed by atoms with Crippen LogP contribution in [0.5, 0.6) is 0 Å². The average Bonchev–Trinajstić information content (AvgIpc) is 2.46. The molecule has 0 aromatic heterocycles. The first-order valence-corrected chi connectivity index (χ1v) is 7.68. The van der Waals surface area contributed by atoms with Crippen LogP contribution in [0, 0.1) is 5.41 Å². The molecule has 21 heavy (non-hydrogen) atoms. The van der Waals surface area contributed by atoms with Gasteiger partial charge in [-0.1, -0.05) is 51.1 Å². The van der Waals surface area contributed by atoms with Gasteiger partial charge in [0, 0.05) is 32.7 Å². The Kier molecular flexibility index (Phi) is 5.01. The monoisotopic (exact) mass is 289 g/mol. The van der Waals surface area contributed by atoms with E-state index in [-0.39, 0.29) is 11.3 Å². The predicted molar refractivity (Wildman–Crippen MR) is 85.7 cm³/mol. The van der Waals surface area contributed by atoms with E-state index in [0.29, 0.717) is 0 Å². The molecule has 1 amide bonds. The fraction of sp³-hybridized carbons (Fsp3) is 0.588. The second kappa shape index (κ2) is 6.58. The standard InChI is InChI=1S/C17H27N3O/c1-17(2,3)15(18)16(21)20-11-9-19(10-12-20)13-14-7-5-4-6-8-14/h4-8,15H,9-13,18H2,1-3H3/t15-/m1/s1. The molecule has 0 saturated carbocycles. The van der Waals surface area contributed by atoms with Gasteiger partial charge in [-0.15, -0.1) is 0 Å². The number of carbonyl (C=O) groups is 1. The minimum Gasteiger partial charge on any atom is -0.339 e. The summed E-state index contributed by atoms with van der Waals surface area (Å²) in [4.78, 5) is 16.7. The molecule has 0 spiro atoms. The molecule has 116 valence electrons. The summed E-state index contributed by atoms with van der Waals surface area (Å²) in [6.07, 6.45) is 0. The Hall–Kier alpha value is -1.39. The van der Waals surface area contributed by atoms with Crippen LogP contribution in [0.1, 0.15) is 26.3 Å². The number of carbonyl (C=O) groups excluding carboxylic acids is 1. The topological polar surface area (TPSA) is 49.6 Å². The molecular formula is C17H27N3O. The third kappa shape index (κ3) is 4.29. The molecule has 0 aliphatic carbocycles. The van der Waals surface area contributed by atoms with Gasteiger partial charge >= 0.3 is 0 Å². The quantitative estimate of drug-likeness (QED) is 0.921. The molecule has 1 aliphatic rings. The van der Waals surface area contributed by atoms with E-state index in [1.165, 1.54) is 5.56 Å². The summed E-state index contributed by atoms with van der Waals surface area (Å²) in [7, 11) is 0. The van der Waals surface area contributed by atoms with Crippen LogP contribution in [0.15, 0.2) is 30.3 Å². The molecule has 0 bridgehead atoms. The van der Waals surface area contributed by atoms with Gasteiger partial charge in [-0.2, -0.15) is 0 Å². The lowest BCUT2D eigenvalue weighted by molar-refractivity contribution is -0.136. The lowest BCUT2D eigenvalue weighted by atomic mass is 9.86. The van der Waals surface area contributed by atoms with Gasteiger partial charge in [-0.25, -0.2) is 0 Å². The Morgan fingerprint density at radius 3 is 2.24 bits per heavy atom. The SMILES string of the molecule is CC(C)(C)[C@H](N)C(=O)N1CCN(Cc2ccccc2)CC1.